The normalized spacial score (nSPS) is 23.2. The second-order valence-electron chi connectivity index (χ2n) is 4.25. The lowest BCUT2D eigenvalue weighted by Crippen LogP contribution is -2.47. The molecule has 0 aromatic rings. The highest BCUT2D eigenvalue weighted by atomic mass is 32.2. The van der Waals surface area contributed by atoms with E-state index in [1.807, 2.05) is 4.72 Å². The van der Waals surface area contributed by atoms with Crippen LogP contribution in [0.4, 0.5) is 8.78 Å². The molecule has 0 aromatic carbocycles. The molecule has 0 bridgehead atoms. The van der Waals surface area contributed by atoms with E-state index in [9.17, 15) is 17.2 Å². The summed E-state index contributed by atoms with van der Waals surface area (Å²) in [4.78, 5) is 0. The number of rotatable bonds is 4. The summed E-state index contributed by atoms with van der Waals surface area (Å²) < 4.78 is 49.7. The minimum Gasteiger partial charge on any atom is -0.212 e. The molecule has 1 fully saturated rings. The van der Waals surface area contributed by atoms with E-state index in [1.165, 1.54) is 6.92 Å². The Hall–Kier alpha value is -0.230. The monoisotopic (exact) mass is 227 g/mol. The van der Waals surface area contributed by atoms with Crippen molar-refractivity contribution in [2.75, 3.05) is 0 Å². The highest BCUT2D eigenvalue weighted by Gasteiger charge is 2.51. The summed E-state index contributed by atoms with van der Waals surface area (Å²) >= 11 is 0. The molecular weight excluding hydrogens is 212 g/mol. The molecule has 84 valence electrons. The van der Waals surface area contributed by atoms with Crippen molar-refractivity contribution in [2.45, 2.75) is 50.3 Å². The molecule has 1 rings (SSSR count). The van der Waals surface area contributed by atoms with Crippen LogP contribution in [-0.2, 0) is 10.0 Å². The molecule has 1 N–H and O–H groups in total. The van der Waals surface area contributed by atoms with Gasteiger partial charge in [-0.1, -0.05) is 0 Å². The molecule has 3 nitrogen and oxygen atoms in total. The number of sulfonamides is 1. The Morgan fingerprint density at radius 3 is 2.14 bits per heavy atom. The van der Waals surface area contributed by atoms with Crippen molar-refractivity contribution in [1.29, 1.82) is 0 Å². The molecule has 0 heterocycles. The third kappa shape index (κ3) is 2.23. The zero-order valence-electron chi connectivity index (χ0n) is 8.47. The molecule has 1 saturated carbocycles. The molecule has 1 aliphatic carbocycles. The van der Waals surface area contributed by atoms with Gasteiger partial charge in [0.2, 0.25) is 10.0 Å². The van der Waals surface area contributed by atoms with Gasteiger partial charge in [0.05, 0.1) is 10.8 Å². The Morgan fingerprint density at radius 1 is 1.43 bits per heavy atom. The summed E-state index contributed by atoms with van der Waals surface area (Å²) in [6.07, 6.45) is 1.09. The molecule has 0 saturated heterocycles. The lowest BCUT2D eigenvalue weighted by atomic mass is 10.2. The van der Waals surface area contributed by atoms with Gasteiger partial charge in [0.15, 0.2) is 0 Å². The molecule has 0 aromatic heterocycles. The van der Waals surface area contributed by atoms with Gasteiger partial charge >= 0.3 is 0 Å². The number of alkyl halides is 2. The first-order valence-corrected chi connectivity index (χ1v) is 5.96. The molecule has 0 aliphatic heterocycles. The van der Waals surface area contributed by atoms with E-state index in [1.54, 1.807) is 6.92 Å². The molecule has 0 spiro atoms. The van der Waals surface area contributed by atoms with Gasteiger partial charge < -0.3 is 0 Å². The van der Waals surface area contributed by atoms with E-state index in [0.717, 1.165) is 0 Å². The summed E-state index contributed by atoms with van der Waals surface area (Å²) in [6, 6.07) is -1.36. The van der Waals surface area contributed by atoms with E-state index < -0.39 is 26.7 Å². The topological polar surface area (TPSA) is 46.2 Å². The molecule has 1 atom stereocenters. The van der Waals surface area contributed by atoms with Gasteiger partial charge in [0, 0.05) is 6.92 Å². The van der Waals surface area contributed by atoms with Crippen molar-refractivity contribution in [2.24, 2.45) is 0 Å². The first-order valence-electron chi connectivity index (χ1n) is 4.48. The highest BCUT2D eigenvalue weighted by Crippen LogP contribution is 2.42. The number of hydrogen-bond acceptors (Lipinski definition) is 2. The van der Waals surface area contributed by atoms with Crippen molar-refractivity contribution >= 4 is 10.0 Å². The molecule has 0 radical (unpaired) electrons. The van der Waals surface area contributed by atoms with Crippen LogP contribution in [0, 0.1) is 0 Å². The first-order chi connectivity index (χ1) is 6.08. The maximum Gasteiger partial charge on any atom is 0.261 e. The standard InChI is InChI=1S/C8H15F2NO2S/c1-6(8(3,9)10)11-14(12,13)7(2)4-5-7/h6,11H,4-5H2,1-3H3. The lowest BCUT2D eigenvalue weighted by molar-refractivity contribution is -0.00496. The van der Waals surface area contributed by atoms with Crippen LogP contribution < -0.4 is 4.72 Å². The Balaban J connectivity index is 2.70. The molecule has 6 heteroatoms. The van der Waals surface area contributed by atoms with Gasteiger partial charge in [-0.15, -0.1) is 0 Å². The van der Waals surface area contributed by atoms with Gasteiger partial charge in [-0.3, -0.25) is 0 Å². The Kier molecular flexibility index (Phi) is 2.65. The van der Waals surface area contributed by atoms with Crippen LogP contribution in [0.2, 0.25) is 0 Å². The van der Waals surface area contributed by atoms with Gasteiger partial charge in [-0.05, 0) is 26.7 Å². The largest absolute Gasteiger partial charge is 0.261 e. The quantitative estimate of drug-likeness (QED) is 0.791. The molecule has 1 aliphatic rings. The Bertz CT molecular complexity index is 317. The van der Waals surface area contributed by atoms with E-state index in [4.69, 9.17) is 0 Å². The lowest BCUT2D eigenvalue weighted by Gasteiger charge is -2.22. The minimum absolute atomic E-state index is 0.546. The summed E-state index contributed by atoms with van der Waals surface area (Å²) in [6.45, 7) is 3.44. The summed E-state index contributed by atoms with van der Waals surface area (Å²) in [5, 5.41) is 0. The number of halogens is 2. The van der Waals surface area contributed by atoms with E-state index in [-0.39, 0.29) is 0 Å². The van der Waals surface area contributed by atoms with Crippen molar-refractivity contribution in [3.05, 3.63) is 0 Å². The average molecular weight is 227 g/mol. The second-order valence-corrected chi connectivity index (χ2v) is 6.48. The van der Waals surface area contributed by atoms with E-state index in [2.05, 4.69) is 0 Å². The van der Waals surface area contributed by atoms with Crippen LogP contribution in [-0.4, -0.2) is 25.1 Å². The van der Waals surface area contributed by atoms with E-state index >= 15 is 0 Å². The minimum atomic E-state index is -3.60. The fourth-order valence-corrected chi connectivity index (χ4v) is 2.52. The van der Waals surface area contributed by atoms with Crippen LogP contribution in [0.5, 0.6) is 0 Å². The fourth-order valence-electron chi connectivity index (χ4n) is 0.923. The molecule has 14 heavy (non-hydrogen) atoms. The maximum atomic E-state index is 12.7. The Labute approximate surface area is 82.9 Å². The third-order valence-corrected chi connectivity index (χ3v) is 5.06. The van der Waals surface area contributed by atoms with Crippen molar-refractivity contribution < 1.29 is 17.2 Å². The number of nitrogens with one attached hydrogen (secondary N) is 1. The summed E-state index contributed by atoms with van der Waals surface area (Å²) in [5.74, 6) is -3.03. The second kappa shape index (κ2) is 3.13. The third-order valence-electron chi connectivity index (χ3n) is 2.70. The number of hydrogen-bond donors (Lipinski definition) is 1. The van der Waals surface area contributed by atoms with Crippen molar-refractivity contribution in [1.82, 2.24) is 4.72 Å². The average Bonchev–Trinajstić information content (AvgIpc) is 2.66. The zero-order valence-corrected chi connectivity index (χ0v) is 9.29. The van der Waals surface area contributed by atoms with Crippen LogP contribution in [0.3, 0.4) is 0 Å². The molecule has 1 unspecified atom stereocenters. The van der Waals surface area contributed by atoms with Gasteiger partial charge in [0.1, 0.15) is 0 Å². The van der Waals surface area contributed by atoms with Gasteiger partial charge in [-0.2, -0.15) is 0 Å². The zero-order chi connectivity index (χ0) is 11.2. The molecular formula is C8H15F2NO2S. The molecule has 0 amide bonds. The smallest absolute Gasteiger partial charge is 0.212 e. The van der Waals surface area contributed by atoms with Crippen LogP contribution in [0.15, 0.2) is 0 Å². The van der Waals surface area contributed by atoms with Crippen LogP contribution >= 0.6 is 0 Å². The predicted octanol–water partition coefficient (Wildman–Crippen LogP) is 1.50. The van der Waals surface area contributed by atoms with E-state index in [0.29, 0.717) is 19.8 Å². The van der Waals surface area contributed by atoms with Crippen molar-refractivity contribution in [3.8, 4) is 0 Å². The fraction of sp³-hybridized carbons (Fsp3) is 1.00. The SMILES string of the molecule is CC(NS(=O)(=O)C1(C)CC1)C(C)(F)F. The summed E-state index contributed by atoms with van der Waals surface area (Å²) in [5.41, 5.74) is 0. The maximum absolute atomic E-state index is 12.7. The predicted molar refractivity (Wildman–Crippen MR) is 49.8 cm³/mol. The van der Waals surface area contributed by atoms with Gasteiger partial charge in [0.25, 0.3) is 5.92 Å². The van der Waals surface area contributed by atoms with Crippen LogP contribution in [0.1, 0.15) is 33.6 Å². The van der Waals surface area contributed by atoms with Gasteiger partial charge in [-0.25, -0.2) is 21.9 Å². The summed E-state index contributed by atoms with van der Waals surface area (Å²) in [7, 11) is -3.60. The Morgan fingerprint density at radius 2 is 1.86 bits per heavy atom. The van der Waals surface area contributed by atoms with Crippen LogP contribution in [0.25, 0.3) is 0 Å². The first kappa shape index (κ1) is 11.8. The van der Waals surface area contributed by atoms with Crippen molar-refractivity contribution in [3.63, 3.8) is 0 Å². The highest BCUT2D eigenvalue weighted by molar-refractivity contribution is 7.91.